The lowest BCUT2D eigenvalue weighted by Crippen LogP contribution is -2.42. The van der Waals surface area contributed by atoms with Crippen molar-refractivity contribution in [3.05, 3.63) is 34.4 Å². The number of nitro benzene ring substituents is 1. The largest absolute Gasteiger partial charge is 0.481 e. The molecule has 0 radical (unpaired) electrons. The number of hydrogen-bond donors (Lipinski definition) is 1. The number of rotatable bonds is 8. The molecule has 0 aliphatic rings. The zero-order chi connectivity index (χ0) is 17.8. The summed E-state index contributed by atoms with van der Waals surface area (Å²) in [4.78, 5) is 20.9. The number of nitro groups is 1. The fourth-order valence-electron chi connectivity index (χ4n) is 2.22. The Morgan fingerprint density at radius 2 is 1.87 bits per heavy atom. The smallest absolute Gasteiger partial charge is 0.304 e. The van der Waals surface area contributed by atoms with Crippen LogP contribution in [0.25, 0.3) is 0 Å². The van der Waals surface area contributed by atoms with E-state index in [1.165, 1.54) is 7.05 Å². The molecule has 23 heavy (non-hydrogen) atoms. The second kappa shape index (κ2) is 7.51. The van der Waals surface area contributed by atoms with E-state index in [-0.39, 0.29) is 22.9 Å². The molecular formula is C14H20N2O6S. The van der Waals surface area contributed by atoms with Crippen LogP contribution >= 0.6 is 0 Å². The first-order valence-corrected chi connectivity index (χ1v) is 8.49. The number of non-ortho nitro benzene ring substituents is 1. The monoisotopic (exact) mass is 344 g/mol. The molecule has 0 unspecified atom stereocenters. The molecule has 0 aliphatic heterocycles. The van der Waals surface area contributed by atoms with E-state index in [1.807, 2.05) is 6.92 Å². The maximum absolute atomic E-state index is 12.6. The Kier molecular flexibility index (Phi) is 6.22. The van der Waals surface area contributed by atoms with Gasteiger partial charge in [0.05, 0.1) is 16.2 Å². The summed E-state index contributed by atoms with van der Waals surface area (Å²) in [5.41, 5.74) is -0.212. The summed E-state index contributed by atoms with van der Waals surface area (Å²) >= 11 is 0. The Hall–Kier alpha value is -2.00. The Morgan fingerprint density at radius 3 is 2.26 bits per heavy atom. The number of carboxylic acids is 1. The molecule has 0 aliphatic carbocycles. The number of benzene rings is 1. The molecule has 0 amide bonds. The van der Waals surface area contributed by atoms with Crippen molar-refractivity contribution < 1.29 is 23.2 Å². The molecular weight excluding hydrogens is 324 g/mol. The molecule has 0 saturated heterocycles. The fraction of sp³-hybridized carbons (Fsp3) is 0.500. The van der Waals surface area contributed by atoms with Crippen LogP contribution in [0.15, 0.2) is 29.2 Å². The van der Waals surface area contributed by atoms with Crippen LogP contribution in [0.1, 0.15) is 26.7 Å². The third-order valence-electron chi connectivity index (χ3n) is 3.88. The van der Waals surface area contributed by atoms with E-state index in [9.17, 15) is 23.3 Å². The Morgan fingerprint density at radius 1 is 1.35 bits per heavy atom. The summed E-state index contributed by atoms with van der Waals surface area (Å²) in [6.07, 6.45) is 0.315. The van der Waals surface area contributed by atoms with Crippen molar-refractivity contribution in [2.45, 2.75) is 37.6 Å². The van der Waals surface area contributed by atoms with E-state index >= 15 is 0 Å². The van der Waals surface area contributed by atoms with Gasteiger partial charge in [0.25, 0.3) is 5.69 Å². The number of carboxylic acid groups (broad SMARTS) is 1. The standard InChI is InChI=1S/C14H20N2O6S/c1-4-10(2)13(9-14(17)18)15(3)23(21,22)12-7-5-11(6-8-12)16(19)20/h5-8,10,13H,4,9H2,1-3H3,(H,17,18)/t10-,13-/m1/s1. The number of aliphatic carboxylic acids is 1. The number of sulfonamides is 1. The lowest BCUT2D eigenvalue weighted by molar-refractivity contribution is -0.384. The van der Waals surface area contributed by atoms with Gasteiger partial charge in [0.1, 0.15) is 0 Å². The van der Waals surface area contributed by atoms with E-state index in [4.69, 9.17) is 5.11 Å². The predicted molar refractivity (Wildman–Crippen MR) is 83.5 cm³/mol. The Labute approximate surface area is 134 Å². The van der Waals surface area contributed by atoms with E-state index < -0.39 is 27.0 Å². The van der Waals surface area contributed by atoms with Crippen molar-refractivity contribution in [1.82, 2.24) is 4.31 Å². The molecule has 8 nitrogen and oxygen atoms in total. The third-order valence-corrected chi connectivity index (χ3v) is 5.77. The van der Waals surface area contributed by atoms with E-state index in [1.54, 1.807) is 6.92 Å². The Balaban J connectivity index is 3.17. The highest BCUT2D eigenvalue weighted by Crippen LogP contribution is 2.25. The zero-order valence-electron chi connectivity index (χ0n) is 13.2. The van der Waals surface area contributed by atoms with Gasteiger partial charge in [0, 0.05) is 25.2 Å². The fourth-order valence-corrected chi connectivity index (χ4v) is 3.67. The van der Waals surface area contributed by atoms with Gasteiger partial charge < -0.3 is 5.11 Å². The van der Waals surface area contributed by atoms with Crippen LogP contribution in [0.5, 0.6) is 0 Å². The minimum atomic E-state index is -3.93. The lowest BCUT2D eigenvalue weighted by Gasteiger charge is -2.30. The van der Waals surface area contributed by atoms with E-state index in [0.29, 0.717) is 6.42 Å². The normalized spacial score (nSPS) is 14.4. The minimum absolute atomic E-state index is 0.107. The first kappa shape index (κ1) is 19.0. The van der Waals surface area contributed by atoms with Crippen molar-refractivity contribution in [1.29, 1.82) is 0 Å². The number of hydrogen-bond acceptors (Lipinski definition) is 5. The summed E-state index contributed by atoms with van der Waals surface area (Å²) < 4.78 is 26.3. The summed E-state index contributed by atoms with van der Waals surface area (Å²) in [6.45, 7) is 3.64. The second-order valence-electron chi connectivity index (χ2n) is 5.32. The van der Waals surface area contributed by atoms with Gasteiger partial charge >= 0.3 is 5.97 Å². The number of carbonyl (C=O) groups is 1. The van der Waals surface area contributed by atoms with Crippen LogP contribution in [-0.2, 0) is 14.8 Å². The maximum atomic E-state index is 12.6. The molecule has 0 saturated carbocycles. The van der Waals surface area contributed by atoms with Crippen LogP contribution in [0.4, 0.5) is 5.69 Å². The van der Waals surface area contributed by atoms with Gasteiger partial charge in [-0.2, -0.15) is 4.31 Å². The van der Waals surface area contributed by atoms with Gasteiger partial charge in [-0.05, 0) is 18.1 Å². The van der Waals surface area contributed by atoms with E-state index in [0.717, 1.165) is 28.6 Å². The minimum Gasteiger partial charge on any atom is -0.481 e. The summed E-state index contributed by atoms with van der Waals surface area (Å²) in [5, 5.41) is 19.6. The molecule has 0 fully saturated rings. The topological polar surface area (TPSA) is 118 Å². The second-order valence-corrected chi connectivity index (χ2v) is 7.32. The van der Waals surface area contributed by atoms with Gasteiger partial charge in [0.15, 0.2) is 0 Å². The van der Waals surface area contributed by atoms with Gasteiger partial charge in [0.2, 0.25) is 10.0 Å². The molecule has 2 atom stereocenters. The van der Waals surface area contributed by atoms with Gasteiger partial charge in [-0.3, -0.25) is 14.9 Å². The molecule has 0 spiro atoms. The van der Waals surface area contributed by atoms with Gasteiger partial charge in [-0.15, -0.1) is 0 Å². The van der Waals surface area contributed by atoms with Crippen molar-refractivity contribution >= 4 is 21.7 Å². The van der Waals surface area contributed by atoms with Crippen LogP contribution in [-0.4, -0.2) is 41.8 Å². The average molecular weight is 344 g/mol. The molecule has 1 rings (SSSR count). The molecule has 1 aromatic rings. The maximum Gasteiger partial charge on any atom is 0.304 e. The molecule has 1 N–H and O–H groups in total. The molecule has 1 aromatic carbocycles. The average Bonchev–Trinajstić information content (AvgIpc) is 2.51. The lowest BCUT2D eigenvalue weighted by atomic mass is 9.97. The van der Waals surface area contributed by atoms with Crippen molar-refractivity contribution in [2.75, 3.05) is 7.05 Å². The molecule has 0 bridgehead atoms. The molecule has 128 valence electrons. The first-order valence-electron chi connectivity index (χ1n) is 7.05. The summed E-state index contributed by atoms with van der Waals surface area (Å²) in [5.74, 6) is -1.23. The summed E-state index contributed by atoms with van der Waals surface area (Å²) in [6, 6.07) is 3.82. The third kappa shape index (κ3) is 4.49. The molecule has 0 aromatic heterocycles. The molecule has 0 heterocycles. The zero-order valence-corrected chi connectivity index (χ0v) is 14.0. The number of nitrogens with zero attached hydrogens (tertiary/aromatic N) is 2. The Bertz CT molecular complexity index is 671. The van der Waals surface area contributed by atoms with Crippen LogP contribution < -0.4 is 0 Å². The van der Waals surface area contributed by atoms with Crippen LogP contribution in [0.2, 0.25) is 0 Å². The summed E-state index contributed by atoms with van der Waals surface area (Å²) in [7, 11) is -2.60. The van der Waals surface area contributed by atoms with Crippen molar-refractivity contribution in [2.24, 2.45) is 5.92 Å². The van der Waals surface area contributed by atoms with Crippen molar-refractivity contribution in [3.8, 4) is 0 Å². The highest BCUT2D eigenvalue weighted by atomic mass is 32.2. The van der Waals surface area contributed by atoms with Crippen molar-refractivity contribution in [3.63, 3.8) is 0 Å². The van der Waals surface area contributed by atoms with Gasteiger partial charge in [-0.1, -0.05) is 20.3 Å². The molecule has 9 heteroatoms. The first-order chi connectivity index (χ1) is 10.6. The highest BCUT2D eigenvalue weighted by molar-refractivity contribution is 7.89. The van der Waals surface area contributed by atoms with Crippen LogP contribution in [0, 0.1) is 16.0 Å². The SMILES string of the molecule is CC[C@@H](C)[C@@H](CC(=O)O)N(C)S(=O)(=O)c1ccc([N+](=O)[O-])cc1. The predicted octanol–water partition coefficient (Wildman–Crippen LogP) is 2.10. The van der Waals surface area contributed by atoms with Gasteiger partial charge in [-0.25, -0.2) is 8.42 Å². The highest BCUT2D eigenvalue weighted by Gasteiger charge is 2.32. The van der Waals surface area contributed by atoms with Crippen LogP contribution in [0.3, 0.4) is 0 Å². The van der Waals surface area contributed by atoms with E-state index in [2.05, 4.69) is 0 Å². The quantitative estimate of drug-likeness (QED) is 0.570.